The number of aliphatic hydroxyl groups is 1. The molecule has 2 heteroatoms. The number of hydrogen-bond acceptors (Lipinski definition) is 1. The van der Waals surface area contributed by atoms with E-state index in [4.69, 9.17) is 11.6 Å². The summed E-state index contributed by atoms with van der Waals surface area (Å²) >= 11 is 5.72. The van der Waals surface area contributed by atoms with Crippen molar-refractivity contribution in [2.45, 2.75) is 31.7 Å². The maximum Gasteiger partial charge on any atom is 0.0775 e. The molecule has 60 valence electrons. The highest BCUT2D eigenvalue weighted by atomic mass is 35.5. The van der Waals surface area contributed by atoms with E-state index in [-0.39, 0.29) is 11.3 Å². The number of rotatable bonds is 4. The van der Waals surface area contributed by atoms with E-state index in [2.05, 4.69) is 6.58 Å². The minimum absolute atomic E-state index is 0.250. The molecule has 0 bridgehead atoms. The van der Waals surface area contributed by atoms with Gasteiger partial charge < -0.3 is 5.11 Å². The Morgan fingerprint density at radius 3 is 2.50 bits per heavy atom. The van der Waals surface area contributed by atoms with Crippen molar-refractivity contribution in [1.82, 2.24) is 0 Å². The molecule has 0 aliphatic rings. The zero-order valence-corrected chi connectivity index (χ0v) is 7.30. The van der Waals surface area contributed by atoms with Crippen LogP contribution in [0.3, 0.4) is 0 Å². The van der Waals surface area contributed by atoms with E-state index in [9.17, 15) is 5.11 Å². The fourth-order valence-electron chi connectivity index (χ4n) is 0.695. The molecule has 0 aromatic rings. The molecule has 0 aromatic carbocycles. The summed E-state index contributed by atoms with van der Waals surface area (Å²) in [4.78, 5) is 0. The summed E-state index contributed by atoms with van der Waals surface area (Å²) in [6, 6.07) is 0. The lowest BCUT2D eigenvalue weighted by molar-refractivity contribution is 0.120. The fraction of sp³-hybridized carbons (Fsp3) is 0.750. The Morgan fingerprint density at radius 1 is 1.70 bits per heavy atom. The van der Waals surface area contributed by atoms with Gasteiger partial charge in [0.15, 0.2) is 0 Å². The average molecular weight is 163 g/mol. The van der Waals surface area contributed by atoms with Gasteiger partial charge >= 0.3 is 0 Å². The van der Waals surface area contributed by atoms with Crippen LogP contribution in [-0.2, 0) is 0 Å². The van der Waals surface area contributed by atoms with Crippen LogP contribution in [0.5, 0.6) is 0 Å². The van der Waals surface area contributed by atoms with E-state index in [1.807, 2.05) is 13.8 Å². The fourth-order valence-corrected chi connectivity index (χ4v) is 0.943. The number of hydrogen-bond donors (Lipinski definition) is 1. The van der Waals surface area contributed by atoms with Crippen LogP contribution in [-0.4, -0.2) is 16.6 Å². The zero-order valence-electron chi connectivity index (χ0n) is 6.55. The molecule has 3 unspecified atom stereocenters. The lowest BCUT2D eigenvalue weighted by Crippen LogP contribution is -2.26. The van der Waals surface area contributed by atoms with Crippen LogP contribution in [0.4, 0.5) is 0 Å². The smallest absolute Gasteiger partial charge is 0.0775 e. The van der Waals surface area contributed by atoms with Gasteiger partial charge in [0.2, 0.25) is 0 Å². The lowest BCUT2D eigenvalue weighted by Gasteiger charge is -2.19. The topological polar surface area (TPSA) is 20.2 Å². The number of alkyl halides is 1. The Labute approximate surface area is 67.7 Å². The summed E-state index contributed by atoms with van der Waals surface area (Å²) in [5.41, 5.74) is 0. The van der Waals surface area contributed by atoms with Gasteiger partial charge in [0.25, 0.3) is 0 Å². The summed E-state index contributed by atoms with van der Waals surface area (Å²) < 4.78 is 0. The third kappa shape index (κ3) is 2.72. The normalized spacial score (nSPS) is 19.6. The molecule has 0 rings (SSSR count). The first-order valence-corrected chi connectivity index (χ1v) is 4.01. The van der Waals surface area contributed by atoms with Crippen LogP contribution in [0.15, 0.2) is 12.7 Å². The molecular formula is C8H15ClO. The molecule has 0 fully saturated rings. The second kappa shape index (κ2) is 4.75. The molecule has 1 nitrogen and oxygen atoms in total. The van der Waals surface area contributed by atoms with Crippen molar-refractivity contribution in [2.75, 3.05) is 0 Å². The highest BCUT2D eigenvalue weighted by Crippen LogP contribution is 2.15. The number of aliphatic hydroxyl groups excluding tert-OH is 1. The van der Waals surface area contributed by atoms with Crippen molar-refractivity contribution in [1.29, 1.82) is 0 Å². The summed E-state index contributed by atoms with van der Waals surface area (Å²) in [6.07, 6.45) is 2.06. The molecule has 0 heterocycles. The first kappa shape index (κ1) is 9.99. The molecule has 1 N–H and O–H groups in total. The molecule has 0 aromatic heterocycles. The molecule has 0 aliphatic carbocycles. The van der Waals surface area contributed by atoms with Gasteiger partial charge in [0, 0.05) is 0 Å². The van der Waals surface area contributed by atoms with E-state index in [0.717, 1.165) is 6.42 Å². The second-order valence-electron chi connectivity index (χ2n) is 2.56. The Morgan fingerprint density at radius 2 is 2.20 bits per heavy atom. The lowest BCUT2D eigenvalue weighted by atomic mass is 9.99. The van der Waals surface area contributed by atoms with Gasteiger partial charge in [-0.05, 0) is 5.92 Å². The molecule has 3 atom stereocenters. The molecular weight excluding hydrogens is 148 g/mol. The van der Waals surface area contributed by atoms with E-state index in [1.54, 1.807) is 6.08 Å². The molecule has 0 radical (unpaired) electrons. The Bertz CT molecular complexity index is 103. The molecule has 0 spiro atoms. The zero-order chi connectivity index (χ0) is 8.15. The summed E-state index contributed by atoms with van der Waals surface area (Å²) in [5, 5.41) is 9.07. The van der Waals surface area contributed by atoms with Crippen molar-refractivity contribution < 1.29 is 5.11 Å². The van der Waals surface area contributed by atoms with Gasteiger partial charge in [0.05, 0.1) is 11.5 Å². The maximum absolute atomic E-state index is 9.38. The third-order valence-corrected chi connectivity index (χ3v) is 2.21. The second-order valence-corrected chi connectivity index (χ2v) is 3.06. The monoisotopic (exact) mass is 162 g/mol. The molecule has 0 aliphatic heterocycles. The van der Waals surface area contributed by atoms with Crippen molar-refractivity contribution in [3.8, 4) is 0 Å². The number of halogens is 1. The Kier molecular flexibility index (Phi) is 4.75. The van der Waals surface area contributed by atoms with Gasteiger partial charge in [-0.25, -0.2) is 0 Å². The average Bonchev–Trinajstić information content (AvgIpc) is 2.00. The predicted octanol–water partition coefficient (Wildman–Crippen LogP) is 2.19. The van der Waals surface area contributed by atoms with Gasteiger partial charge in [-0.3, -0.25) is 0 Å². The quantitative estimate of drug-likeness (QED) is 0.497. The SMILES string of the molecule is C=CC(Cl)C(O)C(C)CC. The first-order valence-electron chi connectivity index (χ1n) is 3.58. The van der Waals surface area contributed by atoms with Crippen LogP contribution < -0.4 is 0 Å². The maximum atomic E-state index is 9.38. The van der Waals surface area contributed by atoms with Crippen LogP contribution in [0.1, 0.15) is 20.3 Å². The molecule has 0 saturated carbocycles. The summed E-state index contributed by atoms with van der Waals surface area (Å²) in [6.45, 7) is 7.51. The van der Waals surface area contributed by atoms with E-state index < -0.39 is 6.10 Å². The van der Waals surface area contributed by atoms with Crippen molar-refractivity contribution >= 4 is 11.6 Å². The predicted molar refractivity (Wildman–Crippen MR) is 45.3 cm³/mol. The van der Waals surface area contributed by atoms with Crippen LogP contribution in [0.2, 0.25) is 0 Å². The van der Waals surface area contributed by atoms with Crippen molar-refractivity contribution in [3.63, 3.8) is 0 Å². The van der Waals surface area contributed by atoms with Crippen LogP contribution in [0.25, 0.3) is 0 Å². The summed E-state index contributed by atoms with van der Waals surface area (Å²) in [7, 11) is 0. The van der Waals surface area contributed by atoms with Gasteiger partial charge in [-0.15, -0.1) is 18.2 Å². The van der Waals surface area contributed by atoms with Gasteiger partial charge in [0.1, 0.15) is 0 Å². The Hall–Kier alpha value is -0.0100. The van der Waals surface area contributed by atoms with Gasteiger partial charge in [-0.2, -0.15) is 0 Å². The molecule has 0 saturated heterocycles. The minimum atomic E-state index is -0.454. The Balaban J connectivity index is 3.80. The van der Waals surface area contributed by atoms with Crippen molar-refractivity contribution in [3.05, 3.63) is 12.7 Å². The standard InChI is InChI=1S/C8H15ClO/c1-4-6(3)8(10)7(9)5-2/h5-8,10H,2,4H2,1,3H3. The van der Waals surface area contributed by atoms with E-state index in [0.29, 0.717) is 0 Å². The van der Waals surface area contributed by atoms with Crippen LogP contribution in [0, 0.1) is 5.92 Å². The molecule has 0 amide bonds. The summed E-state index contributed by atoms with van der Waals surface area (Å²) in [5.74, 6) is 0.250. The van der Waals surface area contributed by atoms with Crippen LogP contribution >= 0.6 is 11.6 Å². The first-order chi connectivity index (χ1) is 4.63. The highest BCUT2D eigenvalue weighted by molar-refractivity contribution is 6.22. The van der Waals surface area contributed by atoms with E-state index >= 15 is 0 Å². The van der Waals surface area contributed by atoms with Gasteiger partial charge in [-0.1, -0.05) is 26.3 Å². The van der Waals surface area contributed by atoms with E-state index in [1.165, 1.54) is 0 Å². The minimum Gasteiger partial charge on any atom is -0.391 e. The van der Waals surface area contributed by atoms with Crippen molar-refractivity contribution in [2.24, 2.45) is 5.92 Å². The highest BCUT2D eigenvalue weighted by Gasteiger charge is 2.18. The third-order valence-electron chi connectivity index (χ3n) is 1.78. The molecule has 10 heavy (non-hydrogen) atoms. The largest absolute Gasteiger partial charge is 0.391 e.